The quantitative estimate of drug-likeness (QED) is 0.685. The van der Waals surface area contributed by atoms with Crippen LogP contribution in [0.15, 0.2) is 0 Å². The molecular weight excluding hydrogens is 203 g/mol. The van der Waals surface area contributed by atoms with E-state index in [1.807, 2.05) is 34.6 Å². The minimum Gasteiger partial charge on any atom is -0.380 e. The van der Waals surface area contributed by atoms with E-state index in [0.29, 0.717) is 6.61 Å². The Labute approximate surface area is 100 Å². The fraction of sp³-hybridized carbons (Fsp3) is 1.00. The lowest BCUT2D eigenvalue weighted by Crippen LogP contribution is -2.36. The molecule has 0 aromatic carbocycles. The zero-order valence-corrected chi connectivity index (χ0v) is 11.0. The third-order valence-electron chi connectivity index (χ3n) is 2.33. The van der Waals surface area contributed by atoms with Crippen molar-refractivity contribution in [2.75, 3.05) is 6.61 Å². The van der Waals surface area contributed by atoms with Gasteiger partial charge in [-0.15, -0.1) is 0 Å². The molecule has 3 atom stereocenters. The van der Waals surface area contributed by atoms with Crippen LogP contribution in [0, 0.1) is 0 Å². The summed E-state index contributed by atoms with van der Waals surface area (Å²) in [7, 11) is 5.78. The SMILES string of the molecule is [B]C1CC(OC(C)(C)C)C(COC(C)C)O1. The third-order valence-corrected chi connectivity index (χ3v) is 2.33. The van der Waals surface area contributed by atoms with Gasteiger partial charge in [0.15, 0.2) is 0 Å². The van der Waals surface area contributed by atoms with E-state index >= 15 is 0 Å². The lowest BCUT2D eigenvalue weighted by Gasteiger charge is -2.28. The van der Waals surface area contributed by atoms with Gasteiger partial charge in [0.25, 0.3) is 0 Å². The van der Waals surface area contributed by atoms with Gasteiger partial charge in [-0.2, -0.15) is 0 Å². The standard InChI is InChI=1S/C12H23BO3/c1-8(2)14-7-10-9(6-11(13)15-10)16-12(3,4)5/h8-11H,6-7H2,1-5H3. The van der Waals surface area contributed by atoms with E-state index in [9.17, 15) is 0 Å². The Morgan fingerprint density at radius 2 is 2.00 bits per heavy atom. The molecule has 1 aliphatic rings. The zero-order chi connectivity index (χ0) is 12.3. The Balaban J connectivity index is 2.46. The number of rotatable bonds is 4. The van der Waals surface area contributed by atoms with E-state index < -0.39 is 0 Å². The molecule has 1 aliphatic heterocycles. The van der Waals surface area contributed by atoms with E-state index in [-0.39, 0.29) is 29.9 Å². The summed E-state index contributed by atoms with van der Waals surface area (Å²) in [5, 5.41) is 0. The van der Waals surface area contributed by atoms with Crippen molar-refractivity contribution in [3.05, 3.63) is 0 Å². The normalized spacial score (nSPS) is 31.2. The summed E-state index contributed by atoms with van der Waals surface area (Å²) < 4.78 is 17.1. The average molecular weight is 226 g/mol. The van der Waals surface area contributed by atoms with Crippen LogP contribution in [0.3, 0.4) is 0 Å². The molecule has 0 aromatic heterocycles. The van der Waals surface area contributed by atoms with Gasteiger partial charge in [0, 0.05) is 6.00 Å². The summed E-state index contributed by atoms with van der Waals surface area (Å²) in [4.78, 5) is 0. The molecule has 1 saturated heterocycles. The zero-order valence-electron chi connectivity index (χ0n) is 11.0. The molecule has 0 bridgehead atoms. The highest BCUT2D eigenvalue weighted by atomic mass is 16.6. The number of hydrogen-bond acceptors (Lipinski definition) is 3. The average Bonchev–Trinajstić information content (AvgIpc) is 2.39. The maximum atomic E-state index is 5.93. The molecule has 3 unspecified atom stereocenters. The minimum atomic E-state index is -0.229. The van der Waals surface area contributed by atoms with Crippen LogP contribution in [0.1, 0.15) is 41.0 Å². The summed E-state index contributed by atoms with van der Waals surface area (Å²) >= 11 is 0. The first-order chi connectivity index (χ1) is 7.28. The van der Waals surface area contributed by atoms with Gasteiger partial charge in [0.2, 0.25) is 0 Å². The molecule has 3 nitrogen and oxygen atoms in total. The van der Waals surface area contributed by atoms with Crippen molar-refractivity contribution in [1.29, 1.82) is 0 Å². The monoisotopic (exact) mass is 226 g/mol. The lowest BCUT2D eigenvalue weighted by atomic mass is 9.95. The van der Waals surface area contributed by atoms with Gasteiger partial charge in [-0.25, -0.2) is 0 Å². The summed E-state index contributed by atoms with van der Waals surface area (Å²) in [6, 6.07) is -0.229. The second-order valence-corrected chi connectivity index (χ2v) is 5.60. The topological polar surface area (TPSA) is 27.7 Å². The van der Waals surface area contributed by atoms with Crippen molar-refractivity contribution in [1.82, 2.24) is 0 Å². The van der Waals surface area contributed by atoms with Crippen LogP contribution in [-0.4, -0.2) is 44.4 Å². The van der Waals surface area contributed by atoms with Crippen LogP contribution in [0.2, 0.25) is 0 Å². The first kappa shape index (κ1) is 14.0. The second kappa shape index (κ2) is 5.52. The van der Waals surface area contributed by atoms with Gasteiger partial charge in [0.05, 0.1) is 24.4 Å². The van der Waals surface area contributed by atoms with E-state index in [4.69, 9.17) is 22.1 Å². The minimum absolute atomic E-state index is 0.0359. The van der Waals surface area contributed by atoms with Crippen LogP contribution >= 0.6 is 0 Å². The first-order valence-electron chi connectivity index (χ1n) is 5.98. The molecule has 1 rings (SSSR count). The van der Waals surface area contributed by atoms with Crippen molar-refractivity contribution in [2.24, 2.45) is 0 Å². The van der Waals surface area contributed by atoms with Crippen molar-refractivity contribution in [3.8, 4) is 0 Å². The summed E-state index contributed by atoms with van der Waals surface area (Å²) in [6.45, 7) is 10.7. The highest BCUT2D eigenvalue weighted by Crippen LogP contribution is 2.26. The van der Waals surface area contributed by atoms with Crippen LogP contribution < -0.4 is 0 Å². The lowest BCUT2D eigenvalue weighted by molar-refractivity contribution is -0.112. The first-order valence-corrected chi connectivity index (χ1v) is 5.98. The Bertz CT molecular complexity index is 213. The highest BCUT2D eigenvalue weighted by Gasteiger charge is 2.36. The predicted octanol–water partition coefficient (Wildman–Crippen LogP) is 1.88. The van der Waals surface area contributed by atoms with Crippen molar-refractivity contribution in [2.45, 2.75) is 71.0 Å². The third kappa shape index (κ3) is 4.85. The van der Waals surface area contributed by atoms with E-state index in [1.165, 1.54) is 0 Å². The molecule has 4 heteroatoms. The van der Waals surface area contributed by atoms with Crippen molar-refractivity contribution in [3.63, 3.8) is 0 Å². The van der Waals surface area contributed by atoms with Crippen molar-refractivity contribution < 1.29 is 14.2 Å². The van der Waals surface area contributed by atoms with Gasteiger partial charge in [-0.05, 0) is 41.0 Å². The molecule has 1 heterocycles. The second-order valence-electron chi connectivity index (χ2n) is 5.60. The van der Waals surface area contributed by atoms with Gasteiger partial charge in [-0.1, -0.05) is 0 Å². The molecule has 1 fully saturated rings. The molecule has 0 aliphatic carbocycles. The number of hydrogen-bond donors (Lipinski definition) is 0. The largest absolute Gasteiger partial charge is 0.380 e. The molecule has 2 radical (unpaired) electrons. The molecule has 16 heavy (non-hydrogen) atoms. The van der Waals surface area contributed by atoms with E-state index in [0.717, 1.165) is 6.42 Å². The summed E-state index contributed by atoms with van der Waals surface area (Å²) in [5.41, 5.74) is -0.172. The highest BCUT2D eigenvalue weighted by molar-refractivity contribution is 6.11. The molecular formula is C12H23BO3. The van der Waals surface area contributed by atoms with Crippen LogP contribution in [-0.2, 0) is 14.2 Å². The maximum absolute atomic E-state index is 5.93. The number of ether oxygens (including phenoxy) is 3. The Morgan fingerprint density at radius 3 is 2.50 bits per heavy atom. The fourth-order valence-electron chi connectivity index (χ4n) is 1.76. The molecule has 0 aromatic rings. The van der Waals surface area contributed by atoms with Crippen LogP contribution in [0.5, 0.6) is 0 Å². The Morgan fingerprint density at radius 1 is 1.38 bits per heavy atom. The molecule has 0 saturated carbocycles. The maximum Gasteiger partial charge on any atom is 0.109 e. The summed E-state index contributed by atoms with van der Waals surface area (Å²) in [5.74, 6) is 0. The van der Waals surface area contributed by atoms with E-state index in [2.05, 4.69) is 0 Å². The smallest absolute Gasteiger partial charge is 0.109 e. The molecule has 0 N–H and O–H groups in total. The van der Waals surface area contributed by atoms with Gasteiger partial charge in [0.1, 0.15) is 14.0 Å². The molecule has 92 valence electrons. The Hall–Kier alpha value is -0.0551. The Kier molecular flexibility index (Phi) is 4.83. The van der Waals surface area contributed by atoms with Gasteiger partial charge < -0.3 is 14.2 Å². The molecule has 0 spiro atoms. The van der Waals surface area contributed by atoms with Gasteiger partial charge >= 0.3 is 0 Å². The van der Waals surface area contributed by atoms with E-state index in [1.54, 1.807) is 0 Å². The van der Waals surface area contributed by atoms with Crippen molar-refractivity contribution >= 4 is 7.85 Å². The fourth-order valence-corrected chi connectivity index (χ4v) is 1.76. The van der Waals surface area contributed by atoms with Crippen LogP contribution in [0.25, 0.3) is 0 Å². The van der Waals surface area contributed by atoms with Gasteiger partial charge in [-0.3, -0.25) is 0 Å². The predicted molar refractivity (Wildman–Crippen MR) is 64.7 cm³/mol. The van der Waals surface area contributed by atoms with Crippen LogP contribution in [0.4, 0.5) is 0 Å². The summed E-state index contributed by atoms with van der Waals surface area (Å²) in [6.07, 6.45) is 0.935. The molecule has 0 amide bonds.